The van der Waals surface area contributed by atoms with E-state index in [4.69, 9.17) is 32.7 Å². The van der Waals surface area contributed by atoms with Crippen molar-refractivity contribution in [2.45, 2.75) is 52.7 Å². The van der Waals surface area contributed by atoms with Crippen molar-refractivity contribution in [3.8, 4) is 17.2 Å². The minimum atomic E-state index is -0.915. The highest BCUT2D eigenvalue weighted by Gasteiger charge is 2.25. The van der Waals surface area contributed by atoms with Crippen LogP contribution in [0, 0.1) is 5.92 Å². The number of hydrazone groups is 1. The Morgan fingerprint density at radius 2 is 1.86 bits per heavy atom. The zero-order chi connectivity index (χ0) is 27.5. The van der Waals surface area contributed by atoms with Gasteiger partial charge in [-0.05, 0) is 68.5 Å². The first-order chi connectivity index (χ1) is 17.5. The molecule has 0 aliphatic carbocycles. The first kappa shape index (κ1) is 30.0. The van der Waals surface area contributed by atoms with Crippen molar-refractivity contribution in [2.75, 3.05) is 6.61 Å². The number of amides is 2. The summed E-state index contributed by atoms with van der Waals surface area (Å²) in [6, 6.07) is 7.20. The zero-order valence-corrected chi connectivity index (χ0v) is 22.9. The lowest BCUT2D eigenvalue weighted by atomic mass is 10.0. The van der Waals surface area contributed by atoms with Crippen molar-refractivity contribution in [2.24, 2.45) is 11.0 Å². The van der Waals surface area contributed by atoms with Crippen LogP contribution in [0.2, 0.25) is 10.0 Å². The summed E-state index contributed by atoms with van der Waals surface area (Å²) < 4.78 is 11.1. The molecule has 0 saturated heterocycles. The molecule has 2 atom stereocenters. The maximum Gasteiger partial charge on any atom is 0.262 e. The Morgan fingerprint density at radius 3 is 2.49 bits per heavy atom. The fourth-order valence-corrected chi connectivity index (χ4v) is 3.85. The third-order valence-electron chi connectivity index (χ3n) is 5.14. The standard InChI is InChI=1S/C27H33Cl2N3O5/c1-6-8-19-12-18(13-24(25(19)33)36-7-2)15-30-32-27(35)22(11-16(3)4)31-26(34)17(5)37-23-10-9-20(28)14-21(23)29/h6,9-10,12-17,22,33H,1,7-8,11H2,2-5H3,(H,31,34)(H,32,35)/b30-15-/t17-,22-/m0/s1. The summed E-state index contributed by atoms with van der Waals surface area (Å²) in [6.07, 6.45) is 3.01. The van der Waals surface area contributed by atoms with Gasteiger partial charge in [-0.25, -0.2) is 5.43 Å². The lowest BCUT2D eigenvalue weighted by Gasteiger charge is -2.22. The summed E-state index contributed by atoms with van der Waals surface area (Å²) in [5.74, 6) is -0.184. The van der Waals surface area contributed by atoms with Gasteiger partial charge in [0.2, 0.25) is 0 Å². The molecule has 2 aromatic carbocycles. The smallest absolute Gasteiger partial charge is 0.262 e. The first-order valence-electron chi connectivity index (χ1n) is 11.9. The second-order valence-corrected chi connectivity index (χ2v) is 9.56. The number of phenolic OH excluding ortho intramolecular Hbond substituents is 1. The highest BCUT2D eigenvalue weighted by atomic mass is 35.5. The van der Waals surface area contributed by atoms with Crippen molar-refractivity contribution in [1.82, 2.24) is 10.7 Å². The number of carbonyl (C=O) groups is 2. The molecule has 0 unspecified atom stereocenters. The zero-order valence-electron chi connectivity index (χ0n) is 21.4. The van der Waals surface area contributed by atoms with Gasteiger partial charge < -0.3 is 19.9 Å². The molecular weight excluding hydrogens is 517 g/mol. The summed E-state index contributed by atoms with van der Waals surface area (Å²) in [5, 5.41) is 17.8. The van der Waals surface area contributed by atoms with Crippen LogP contribution in [-0.2, 0) is 16.0 Å². The van der Waals surface area contributed by atoms with Gasteiger partial charge in [0.05, 0.1) is 17.8 Å². The van der Waals surface area contributed by atoms with E-state index in [1.807, 2.05) is 20.8 Å². The summed E-state index contributed by atoms with van der Waals surface area (Å²) in [6.45, 7) is 11.3. The lowest BCUT2D eigenvalue weighted by molar-refractivity contribution is -0.132. The van der Waals surface area contributed by atoms with E-state index in [1.165, 1.54) is 12.3 Å². The summed E-state index contributed by atoms with van der Waals surface area (Å²) in [4.78, 5) is 25.7. The molecule has 0 saturated carbocycles. The van der Waals surface area contributed by atoms with Crippen LogP contribution in [-0.4, -0.2) is 41.9 Å². The van der Waals surface area contributed by atoms with Crippen molar-refractivity contribution in [3.63, 3.8) is 0 Å². The quantitative estimate of drug-likeness (QED) is 0.179. The van der Waals surface area contributed by atoms with Crippen LogP contribution in [0.1, 0.15) is 45.2 Å². The van der Waals surface area contributed by atoms with Gasteiger partial charge in [-0.2, -0.15) is 5.10 Å². The highest BCUT2D eigenvalue weighted by Crippen LogP contribution is 2.32. The number of nitrogens with one attached hydrogen (secondary N) is 2. The average Bonchev–Trinajstić information content (AvgIpc) is 2.83. The molecule has 0 aromatic heterocycles. The minimum absolute atomic E-state index is 0.0406. The molecule has 2 rings (SSSR count). The Balaban J connectivity index is 2.10. The van der Waals surface area contributed by atoms with Gasteiger partial charge in [0.15, 0.2) is 17.6 Å². The van der Waals surface area contributed by atoms with E-state index in [-0.39, 0.29) is 16.7 Å². The van der Waals surface area contributed by atoms with Crippen molar-refractivity contribution < 1.29 is 24.2 Å². The number of hydrogen-bond donors (Lipinski definition) is 3. The Hall–Kier alpha value is -3.23. The van der Waals surface area contributed by atoms with E-state index in [2.05, 4.69) is 22.4 Å². The summed E-state index contributed by atoms with van der Waals surface area (Å²) in [7, 11) is 0. The molecule has 0 spiro atoms. The number of phenols is 1. The molecule has 0 aliphatic heterocycles. The molecular formula is C27H33Cl2N3O5. The van der Waals surface area contributed by atoms with Gasteiger partial charge in [-0.3, -0.25) is 9.59 Å². The van der Waals surface area contributed by atoms with Gasteiger partial charge >= 0.3 is 0 Å². The lowest BCUT2D eigenvalue weighted by Crippen LogP contribution is -2.49. The van der Waals surface area contributed by atoms with E-state index in [1.54, 1.807) is 37.3 Å². The third-order valence-corrected chi connectivity index (χ3v) is 5.67. The van der Waals surface area contributed by atoms with Crippen molar-refractivity contribution in [1.29, 1.82) is 0 Å². The topological polar surface area (TPSA) is 109 Å². The maximum absolute atomic E-state index is 12.9. The summed E-state index contributed by atoms with van der Waals surface area (Å²) >= 11 is 12.0. The van der Waals surface area contributed by atoms with Crippen LogP contribution in [0.5, 0.6) is 17.2 Å². The van der Waals surface area contributed by atoms with Gasteiger partial charge in [0.1, 0.15) is 11.8 Å². The van der Waals surface area contributed by atoms with Gasteiger partial charge in [-0.1, -0.05) is 43.1 Å². The monoisotopic (exact) mass is 549 g/mol. The van der Waals surface area contributed by atoms with E-state index >= 15 is 0 Å². The van der Waals surface area contributed by atoms with E-state index in [9.17, 15) is 14.7 Å². The average molecular weight is 550 g/mol. The molecule has 0 heterocycles. The van der Waals surface area contributed by atoms with Gasteiger partial charge in [0, 0.05) is 10.6 Å². The van der Waals surface area contributed by atoms with Crippen LogP contribution >= 0.6 is 23.2 Å². The molecule has 0 aliphatic rings. The Kier molecular flexibility index (Phi) is 11.8. The predicted molar refractivity (Wildman–Crippen MR) is 147 cm³/mol. The van der Waals surface area contributed by atoms with E-state index in [0.717, 1.165) is 0 Å². The Bertz CT molecular complexity index is 1140. The highest BCUT2D eigenvalue weighted by molar-refractivity contribution is 6.35. The molecule has 0 fully saturated rings. The number of nitrogens with zero attached hydrogens (tertiary/aromatic N) is 1. The van der Waals surface area contributed by atoms with Crippen molar-refractivity contribution >= 4 is 41.2 Å². The first-order valence-corrected chi connectivity index (χ1v) is 12.7. The van der Waals surface area contributed by atoms with Crippen molar-refractivity contribution in [3.05, 3.63) is 64.2 Å². The van der Waals surface area contributed by atoms with Crippen LogP contribution in [0.4, 0.5) is 0 Å². The normalized spacial score (nSPS) is 12.7. The molecule has 200 valence electrons. The van der Waals surface area contributed by atoms with Crippen LogP contribution < -0.4 is 20.2 Å². The molecule has 2 amide bonds. The SMILES string of the molecule is C=CCc1cc(/C=N\NC(=O)[C@H](CC(C)C)NC(=O)[C@H](C)Oc2ccc(Cl)cc2Cl)cc(OCC)c1O. The molecule has 0 bridgehead atoms. The molecule has 8 nitrogen and oxygen atoms in total. The number of rotatable bonds is 13. The van der Waals surface area contributed by atoms with Gasteiger partial charge in [0.25, 0.3) is 11.8 Å². The number of carbonyl (C=O) groups excluding carboxylic acids is 2. The number of ether oxygens (including phenoxy) is 2. The van der Waals surface area contributed by atoms with Crippen LogP contribution in [0.25, 0.3) is 0 Å². The largest absolute Gasteiger partial charge is 0.504 e. The number of hydrogen-bond acceptors (Lipinski definition) is 6. The van der Waals surface area contributed by atoms with E-state index < -0.39 is 24.0 Å². The van der Waals surface area contributed by atoms with Gasteiger partial charge in [-0.15, -0.1) is 6.58 Å². The molecule has 3 N–H and O–H groups in total. The third kappa shape index (κ3) is 9.30. The molecule has 2 aromatic rings. The number of benzene rings is 2. The second kappa shape index (κ2) is 14.5. The Labute approximate surface area is 227 Å². The number of allylic oxidation sites excluding steroid dienone is 1. The summed E-state index contributed by atoms with van der Waals surface area (Å²) in [5.41, 5.74) is 3.71. The molecule has 0 radical (unpaired) electrons. The minimum Gasteiger partial charge on any atom is -0.504 e. The van der Waals surface area contributed by atoms with Crippen LogP contribution in [0.3, 0.4) is 0 Å². The fourth-order valence-electron chi connectivity index (χ4n) is 3.40. The fraction of sp³-hybridized carbons (Fsp3) is 0.370. The number of halogens is 2. The molecule has 37 heavy (non-hydrogen) atoms. The maximum atomic E-state index is 12.9. The van der Waals surface area contributed by atoms with E-state index in [0.29, 0.717) is 47.1 Å². The molecule has 10 heteroatoms. The second-order valence-electron chi connectivity index (χ2n) is 8.71. The Morgan fingerprint density at radius 1 is 1.14 bits per heavy atom. The van der Waals surface area contributed by atoms with Crippen LogP contribution in [0.15, 0.2) is 48.1 Å². The number of aromatic hydroxyl groups is 1. The predicted octanol–water partition coefficient (Wildman–Crippen LogP) is 5.27.